The van der Waals surface area contributed by atoms with E-state index in [0.717, 1.165) is 57.1 Å². The van der Waals surface area contributed by atoms with Crippen molar-refractivity contribution in [3.8, 4) is 5.69 Å². The van der Waals surface area contributed by atoms with E-state index in [1.165, 1.54) is 12.5 Å². The molecule has 8 nitrogen and oxygen atoms in total. The Morgan fingerprint density at radius 1 is 0.882 bits per heavy atom. The number of anilines is 1. The van der Waals surface area contributed by atoms with Crippen molar-refractivity contribution in [2.24, 2.45) is 57.3 Å². The first-order valence-corrected chi connectivity index (χ1v) is 19.3. The molecule has 1 aromatic heterocycles. The van der Waals surface area contributed by atoms with E-state index in [9.17, 15) is 19.2 Å². The fraction of sp³-hybridized carbons (Fsp3) is 0.674. The van der Waals surface area contributed by atoms with Gasteiger partial charge in [-0.2, -0.15) is 0 Å². The van der Waals surface area contributed by atoms with E-state index in [1.807, 2.05) is 44.3 Å². The maximum absolute atomic E-state index is 14.8. The molecule has 7 rings (SSSR count). The lowest BCUT2D eigenvalue weighted by Crippen LogP contribution is -2.66. The van der Waals surface area contributed by atoms with Crippen molar-refractivity contribution in [3.05, 3.63) is 58.0 Å². The van der Waals surface area contributed by atoms with Gasteiger partial charge in [0.25, 0.3) is 5.56 Å². The number of para-hydroxylation sites is 1. The second-order valence-electron chi connectivity index (χ2n) is 19.1. The molecule has 5 aliphatic carbocycles. The highest BCUT2D eigenvalue weighted by molar-refractivity contribution is 5.97. The van der Waals surface area contributed by atoms with Gasteiger partial charge in [-0.25, -0.2) is 4.68 Å². The van der Waals surface area contributed by atoms with Crippen LogP contribution in [0.4, 0.5) is 5.69 Å². The molecule has 2 aromatic rings. The molecule has 1 heterocycles. The third-order valence-corrected chi connectivity index (χ3v) is 16.2. The summed E-state index contributed by atoms with van der Waals surface area (Å²) in [5.74, 6) is 0.170. The number of carbonyl (C=O) groups excluding carboxylic acids is 3. The van der Waals surface area contributed by atoms with Gasteiger partial charge in [-0.1, -0.05) is 72.2 Å². The van der Waals surface area contributed by atoms with Crippen LogP contribution in [-0.2, 0) is 26.2 Å². The SMILES string of the molecule is CC(=O)OC1CCC2(C)C(CCC3(C)C2C(=O)C=C2C4CC(C)(C(=O)Nc5c(C)n(C)n(-c6ccccc6)c5=O)CCC4(C)CCC23C)C1(C)C. The Labute approximate surface area is 303 Å². The Balaban J connectivity index is 1.21. The number of ether oxygens (including phenoxy) is 1. The third-order valence-electron chi connectivity index (χ3n) is 16.2. The Hall–Kier alpha value is -3.42. The van der Waals surface area contributed by atoms with Crippen LogP contribution in [-0.4, -0.2) is 33.1 Å². The molecule has 1 aromatic carbocycles. The number of amides is 1. The summed E-state index contributed by atoms with van der Waals surface area (Å²) < 4.78 is 9.30. The van der Waals surface area contributed by atoms with Crippen LogP contribution in [0.15, 0.2) is 46.8 Å². The quantitative estimate of drug-likeness (QED) is 0.324. The van der Waals surface area contributed by atoms with Crippen molar-refractivity contribution in [1.29, 1.82) is 0 Å². The smallest absolute Gasteiger partial charge is 0.302 e. The van der Waals surface area contributed by atoms with Crippen molar-refractivity contribution in [1.82, 2.24) is 9.36 Å². The van der Waals surface area contributed by atoms with E-state index in [1.54, 1.807) is 9.36 Å². The topological polar surface area (TPSA) is 99.4 Å². The molecule has 0 saturated heterocycles. The van der Waals surface area contributed by atoms with Crippen molar-refractivity contribution < 1.29 is 19.1 Å². The van der Waals surface area contributed by atoms with Gasteiger partial charge in [-0.3, -0.25) is 23.9 Å². The molecule has 276 valence electrons. The molecule has 1 amide bonds. The molecule has 51 heavy (non-hydrogen) atoms. The first-order chi connectivity index (χ1) is 23.7. The summed E-state index contributed by atoms with van der Waals surface area (Å²) in [6.45, 7) is 19.5. The maximum atomic E-state index is 14.8. The molecule has 0 bridgehead atoms. The lowest BCUT2D eigenvalue weighted by Gasteiger charge is -2.70. The van der Waals surface area contributed by atoms with Crippen LogP contribution < -0.4 is 10.9 Å². The third kappa shape index (κ3) is 4.96. The predicted octanol–water partition coefficient (Wildman–Crippen LogP) is 8.34. The van der Waals surface area contributed by atoms with Crippen LogP contribution in [0.2, 0.25) is 0 Å². The average molecular weight is 698 g/mol. The molecule has 5 aliphatic rings. The van der Waals surface area contributed by atoms with Gasteiger partial charge in [0.05, 0.1) is 11.4 Å². The number of carbonyl (C=O) groups is 3. The number of hydrogen-bond acceptors (Lipinski definition) is 5. The number of aromatic nitrogens is 2. The van der Waals surface area contributed by atoms with Gasteiger partial charge in [0.15, 0.2) is 5.78 Å². The second kappa shape index (κ2) is 11.5. The number of nitrogens with one attached hydrogen (secondary N) is 1. The van der Waals surface area contributed by atoms with Crippen LogP contribution in [0.3, 0.4) is 0 Å². The maximum Gasteiger partial charge on any atom is 0.302 e. The van der Waals surface area contributed by atoms with Gasteiger partial charge in [-0.05, 0) is 116 Å². The number of nitrogens with zero attached hydrogens (tertiary/aromatic N) is 2. The second-order valence-corrected chi connectivity index (χ2v) is 19.1. The zero-order valence-corrected chi connectivity index (χ0v) is 32.6. The highest BCUT2D eigenvalue weighted by atomic mass is 16.5. The minimum absolute atomic E-state index is 0.00246. The monoisotopic (exact) mass is 697 g/mol. The number of esters is 1. The summed E-state index contributed by atoms with van der Waals surface area (Å²) in [6, 6.07) is 9.50. The summed E-state index contributed by atoms with van der Waals surface area (Å²) in [5.41, 5.74) is 1.30. The number of benzene rings is 1. The predicted molar refractivity (Wildman–Crippen MR) is 199 cm³/mol. The van der Waals surface area contributed by atoms with E-state index in [2.05, 4.69) is 59.9 Å². The van der Waals surface area contributed by atoms with Crippen LogP contribution in [0.25, 0.3) is 5.69 Å². The molecule has 9 atom stereocenters. The standard InChI is InChI=1S/C43H59N3O5/c1-26-34(36(49)46(45(26)10)28-14-12-11-13-15-28)44-37(50)40(6)21-20-39(5)22-23-42(8)29(30(39)25-40)24-31(48)35-41(7)18-17-33(51-27(2)47)38(3,4)32(41)16-19-43(35,42)9/h11-15,24,30,32-33,35H,16-23,25H2,1-10H3,(H,44,50). The lowest BCUT2D eigenvalue weighted by molar-refractivity contribution is -0.210. The summed E-state index contributed by atoms with van der Waals surface area (Å²) in [7, 11) is 1.84. The highest BCUT2D eigenvalue weighted by Gasteiger charge is 2.70. The Morgan fingerprint density at radius 3 is 2.22 bits per heavy atom. The Kier molecular flexibility index (Phi) is 8.14. The van der Waals surface area contributed by atoms with Crippen LogP contribution in [0.1, 0.15) is 119 Å². The van der Waals surface area contributed by atoms with Gasteiger partial charge in [0, 0.05) is 30.7 Å². The van der Waals surface area contributed by atoms with E-state index < -0.39 is 5.41 Å². The van der Waals surface area contributed by atoms with E-state index >= 15 is 0 Å². The molecular weight excluding hydrogens is 638 g/mol. The van der Waals surface area contributed by atoms with Crippen molar-refractivity contribution in [2.75, 3.05) is 5.32 Å². The van der Waals surface area contributed by atoms with Gasteiger partial charge in [-0.15, -0.1) is 0 Å². The van der Waals surface area contributed by atoms with Crippen molar-refractivity contribution in [3.63, 3.8) is 0 Å². The van der Waals surface area contributed by atoms with Crippen LogP contribution in [0, 0.1) is 57.2 Å². The molecule has 8 heteroatoms. The van der Waals surface area contributed by atoms with Gasteiger partial charge in [0.2, 0.25) is 5.91 Å². The fourth-order valence-corrected chi connectivity index (χ4v) is 12.7. The highest BCUT2D eigenvalue weighted by Crippen LogP contribution is 2.75. The number of allylic oxidation sites excluding steroid dienone is 2. The molecular formula is C43H59N3O5. The molecule has 4 saturated carbocycles. The number of fused-ring (bicyclic) bond motifs is 7. The zero-order chi connectivity index (χ0) is 37.1. The number of hydrogen-bond donors (Lipinski definition) is 1. The van der Waals surface area contributed by atoms with Crippen LogP contribution >= 0.6 is 0 Å². The minimum atomic E-state index is -0.695. The first-order valence-electron chi connectivity index (χ1n) is 19.3. The number of rotatable bonds is 4. The van der Waals surface area contributed by atoms with E-state index in [-0.39, 0.29) is 74.2 Å². The van der Waals surface area contributed by atoms with Crippen LogP contribution in [0.5, 0.6) is 0 Å². The molecule has 1 N–H and O–H groups in total. The van der Waals surface area contributed by atoms with Crippen molar-refractivity contribution >= 4 is 23.3 Å². The molecule has 9 unspecified atom stereocenters. The Bertz CT molecular complexity index is 1890. The zero-order valence-electron chi connectivity index (χ0n) is 32.6. The normalized spacial score (nSPS) is 39.8. The van der Waals surface area contributed by atoms with Gasteiger partial charge >= 0.3 is 5.97 Å². The minimum Gasteiger partial charge on any atom is -0.462 e. The largest absolute Gasteiger partial charge is 0.462 e. The lowest BCUT2D eigenvalue weighted by atomic mass is 9.33. The summed E-state index contributed by atoms with van der Waals surface area (Å²) in [5, 5.41) is 3.12. The first kappa shape index (κ1) is 36.0. The average Bonchev–Trinajstić information content (AvgIpc) is 3.27. The Morgan fingerprint density at radius 2 is 1.55 bits per heavy atom. The number of ketones is 1. The van der Waals surface area contributed by atoms with E-state index in [0.29, 0.717) is 17.8 Å². The fourth-order valence-electron chi connectivity index (χ4n) is 12.7. The summed E-state index contributed by atoms with van der Waals surface area (Å²) in [4.78, 5) is 55.0. The molecule has 0 aliphatic heterocycles. The van der Waals surface area contributed by atoms with Gasteiger partial charge < -0.3 is 10.1 Å². The molecule has 4 fully saturated rings. The summed E-state index contributed by atoms with van der Waals surface area (Å²) >= 11 is 0. The van der Waals surface area contributed by atoms with Gasteiger partial charge in [0.1, 0.15) is 11.8 Å². The van der Waals surface area contributed by atoms with E-state index in [4.69, 9.17) is 4.74 Å². The van der Waals surface area contributed by atoms with Crippen molar-refractivity contribution in [2.45, 2.75) is 126 Å². The summed E-state index contributed by atoms with van der Waals surface area (Å²) in [6.07, 6.45) is 9.91. The molecule has 0 spiro atoms. The molecule has 0 radical (unpaired) electrons.